The fraction of sp³-hybridized carbons (Fsp3) is 0.391. The minimum Gasteiger partial charge on any atom is -0.333 e. The van der Waals surface area contributed by atoms with Gasteiger partial charge in [0, 0.05) is 13.1 Å². The van der Waals surface area contributed by atoms with E-state index in [-0.39, 0.29) is 11.2 Å². The summed E-state index contributed by atoms with van der Waals surface area (Å²) in [6, 6.07) is 20.6. The molecular weight excluding hydrogens is 394 g/mol. The van der Waals surface area contributed by atoms with Crippen LogP contribution in [0.15, 0.2) is 65.8 Å². The first-order valence-corrected chi connectivity index (χ1v) is 11.4. The number of carbonyl (C=O) groups excluding carboxylic acids is 1. The van der Waals surface area contributed by atoms with Crippen molar-refractivity contribution >= 4 is 17.7 Å². The second-order valence-electron chi connectivity index (χ2n) is 7.77. The summed E-state index contributed by atoms with van der Waals surface area (Å²) in [5.41, 5.74) is 2.24. The fourth-order valence-corrected chi connectivity index (χ4v) is 4.87. The van der Waals surface area contributed by atoms with Crippen molar-refractivity contribution in [2.75, 3.05) is 0 Å². The summed E-state index contributed by atoms with van der Waals surface area (Å²) in [5.74, 6) is 0.0914. The highest BCUT2D eigenvalue weighted by atomic mass is 32.2. The molecule has 4 rings (SSSR count). The Labute approximate surface area is 181 Å². The van der Waals surface area contributed by atoms with Crippen molar-refractivity contribution in [3.05, 3.63) is 71.8 Å². The highest BCUT2D eigenvalue weighted by molar-refractivity contribution is 8.00. The van der Waals surface area contributed by atoms with Gasteiger partial charge in [-0.1, -0.05) is 85.3 Å². The number of thioether (sulfide) groups is 1. The SMILES string of the molecule is CC(Sc1nnnn1C1CCCC1)C(=O)N(Cc1ccccc1)Cc1ccccc1. The summed E-state index contributed by atoms with van der Waals surface area (Å²) in [6.45, 7) is 3.10. The first kappa shape index (κ1) is 20.6. The lowest BCUT2D eigenvalue weighted by molar-refractivity contribution is -0.131. The largest absolute Gasteiger partial charge is 0.333 e. The van der Waals surface area contributed by atoms with Crippen molar-refractivity contribution in [1.82, 2.24) is 25.1 Å². The van der Waals surface area contributed by atoms with Crippen LogP contribution in [0.25, 0.3) is 0 Å². The van der Waals surface area contributed by atoms with Gasteiger partial charge in [-0.2, -0.15) is 0 Å². The molecule has 2 aromatic carbocycles. The minimum atomic E-state index is -0.274. The van der Waals surface area contributed by atoms with Crippen LogP contribution >= 0.6 is 11.8 Å². The molecule has 0 bridgehead atoms. The van der Waals surface area contributed by atoms with Crippen molar-refractivity contribution in [2.24, 2.45) is 0 Å². The summed E-state index contributed by atoms with van der Waals surface area (Å²) in [5, 5.41) is 12.7. The van der Waals surface area contributed by atoms with Crippen molar-refractivity contribution < 1.29 is 4.79 Å². The second kappa shape index (κ2) is 9.89. The quantitative estimate of drug-likeness (QED) is 0.501. The first-order chi connectivity index (χ1) is 14.7. The van der Waals surface area contributed by atoms with E-state index in [9.17, 15) is 4.79 Å². The average Bonchev–Trinajstić information content (AvgIpc) is 3.46. The summed E-state index contributed by atoms with van der Waals surface area (Å²) in [7, 11) is 0. The standard InChI is InChI=1S/C23H27N5OS/c1-18(30-23-24-25-26-28(23)21-14-8-9-15-21)22(29)27(16-19-10-4-2-5-11-19)17-20-12-6-3-7-13-20/h2-7,10-13,18,21H,8-9,14-17H2,1H3. The van der Waals surface area contributed by atoms with E-state index in [2.05, 4.69) is 39.8 Å². The molecule has 30 heavy (non-hydrogen) atoms. The van der Waals surface area contributed by atoms with Crippen molar-refractivity contribution in [2.45, 2.75) is 62.1 Å². The number of carbonyl (C=O) groups is 1. The normalized spacial score (nSPS) is 15.2. The number of tetrazole rings is 1. The Kier molecular flexibility index (Phi) is 6.79. The van der Waals surface area contributed by atoms with Crippen LogP contribution in [0.3, 0.4) is 0 Å². The third-order valence-corrected chi connectivity index (χ3v) is 6.54. The summed E-state index contributed by atoms with van der Waals surface area (Å²) >= 11 is 1.46. The molecule has 1 fully saturated rings. The Morgan fingerprint density at radius 2 is 1.60 bits per heavy atom. The van der Waals surface area contributed by atoms with Gasteiger partial charge in [-0.3, -0.25) is 4.79 Å². The molecular formula is C23H27N5OS. The van der Waals surface area contributed by atoms with Gasteiger partial charge in [0.1, 0.15) is 0 Å². The molecule has 7 heteroatoms. The molecule has 0 radical (unpaired) electrons. The molecule has 1 amide bonds. The van der Waals surface area contributed by atoms with E-state index < -0.39 is 0 Å². The van der Waals surface area contributed by atoms with E-state index in [1.807, 2.05) is 52.9 Å². The molecule has 1 heterocycles. The van der Waals surface area contributed by atoms with Crippen LogP contribution in [0.1, 0.15) is 49.8 Å². The van der Waals surface area contributed by atoms with Crippen LogP contribution in [0.4, 0.5) is 0 Å². The van der Waals surface area contributed by atoms with Gasteiger partial charge >= 0.3 is 0 Å². The molecule has 156 valence electrons. The van der Waals surface area contributed by atoms with Gasteiger partial charge in [0.25, 0.3) is 0 Å². The van der Waals surface area contributed by atoms with Crippen LogP contribution < -0.4 is 0 Å². The van der Waals surface area contributed by atoms with Crippen molar-refractivity contribution in [3.63, 3.8) is 0 Å². The van der Waals surface area contributed by atoms with Gasteiger partial charge in [-0.15, -0.1) is 5.10 Å². The zero-order valence-electron chi connectivity index (χ0n) is 17.2. The molecule has 0 spiro atoms. The van der Waals surface area contributed by atoms with E-state index >= 15 is 0 Å². The van der Waals surface area contributed by atoms with Crippen LogP contribution in [0.5, 0.6) is 0 Å². The highest BCUT2D eigenvalue weighted by Crippen LogP contribution is 2.33. The predicted molar refractivity (Wildman–Crippen MR) is 118 cm³/mol. The smallest absolute Gasteiger partial charge is 0.236 e. The maximum absolute atomic E-state index is 13.4. The molecule has 0 N–H and O–H groups in total. The van der Waals surface area contributed by atoms with E-state index in [1.54, 1.807) is 0 Å². The number of rotatable bonds is 8. The molecule has 1 unspecified atom stereocenters. The topological polar surface area (TPSA) is 63.9 Å². The van der Waals surface area contributed by atoms with Crippen LogP contribution in [-0.4, -0.2) is 36.3 Å². The molecule has 1 aliphatic carbocycles. The molecule has 6 nitrogen and oxygen atoms in total. The first-order valence-electron chi connectivity index (χ1n) is 10.5. The van der Waals surface area contributed by atoms with E-state index in [0.717, 1.165) is 29.1 Å². The Hall–Kier alpha value is -2.67. The molecule has 0 saturated heterocycles. The number of benzene rings is 2. The molecule has 0 aliphatic heterocycles. The lowest BCUT2D eigenvalue weighted by Crippen LogP contribution is -2.36. The van der Waals surface area contributed by atoms with Gasteiger partial charge < -0.3 is 4.90 Å². The highest BCUT2D eigenvalue weighted by Gasteiger charge is 2.27. The molecule has 1 aromatic heterocycles. The maximum Gasteiger partial charge on any atom is 0.236 e. The van der Waals surface area contributed by atoms with Gasteiger partial charge in [-0.05, 0) is 41.3 Å². The van der Waals surface area contributed by atoms with Gasteiger partial charge in [0.2, 0.25) is 11.1 Å². The predicted octanol–water partition coefficient (Wildman–Crippen LogP) is 4.50. The monoisotopic (exact) mass is 421 g/mol. The van der Waals surface area contributed by atoms with Gasteiger partial charge in [0.15, 0.2) is 0 Å². The molecule has 1 aliphatic rings. The second-order valence-corrected chi connectivity index (χ2v) is 9.08. The van der Waals surface area contributed by atoms with E-state index in [1.165, 1.54) is 24.6 Å². The van der Waals surface area contributed by atoms with Crippen LogP contribution in [0.2, 0.25) is 0 Å². The number of amides is 1. The third-order valence-electron chi connectivity index (χ3n) is 5.51. The number of hydrogen-bond donors (Lipinski definition) is 0. The summed E-state index contributed by atoms with van der Waals surface area (Å²) < 4.78 is 1.92. The Balaban J connectivity index is 1.49. The van der Waals surface area contributed by atoms with E-state index in [0.29, 0.717) is 19.1 Å². The number of hydrogen-bond acceptors (Lipinski definition) is 5. The zero-order chi connectivity index (χ0) is 20.8. The van der Waals surface area contributed by atoms with Crippen LogP contribution in [-0.2, 0) is 17.9 Å². The fourth-order valence-electron chi connectivity index (χ4n) is 3.93. The van der Waals surface area contributed by atoms with E-state index in [4.69, 9.17) is 0 Å². The zero-order valence-corrected chi connectivity index (χ0v) is 18.0. The van der Waals surface area contributed by atoms with Crippen LogP contribution in [0, 0.1) is 0 Å². The Morgan fingerprint density at radius 3 is 2.17 bits per heavy atom. The average molecular weight is 422 g/mol. The Morgan fingerprint density at radius 1 is 1.03 bits per heavy atom. The van der Waals surface area contributed by atoms with Crippen molar-refractivity contribution in [1.29, 1.82) is 0 Å². The lowest BCUT2D eigenvalue weighted by Gasteiger charge is -2.26. The molecule has 1 saturated carbocycles. The molecule has 3 aromatic rings. The van der Waals surface area contributed by atoms with Gasteiger partial charge in [-0.25, -0.2) is 4.68 Å². The molecule has 1 atom stereocenters. The summed E-state index contributed by atoms with van der Waals surface area (Å²) in [6.07, 6.45) is 4.64. The van der Waals surface area contributed by atoms with Crippen molar-refractivity contribution in [3.8, 4) is 0 Å². The minimum absolute atomic E-state index is 0.0914. The number of aromatic nitrogens is 4. The summed E-state index contributed by atoms with van der Waals surface area (Å²) in [4.78, 5) is 15.4. The number of nitrogens with zero attached hydrogens (tertiary/aromatic N) is 5. The third kappa shape index (κ3) is 5.08. The lowest BCUT2D eigenvalue weighted by atomic mass is 10.1. The maximum atomic E-state index is 13.4. The Bertz CT molecular complexity index is 899. The van der Waals surface area contributed by atoms with Gasteiger partial charge in [0.05, 0.1) is 11.3 Å².